The van der Waals surface area contributed by atoms with Crippen molar-refractivity contribution < 1.29 is 9.72 Å². The van der Waals surface area contributed by atoms with Gasteiger partial charge in [0.2, 0.25) is 5.91 Å². The molecule has 2 rings (SSSR count). The standard InChI is InChI=1S/C14H20N4O3.ClH/c15-8-12-3-1-2-6-17(12)9-11-5-4-10(14(16)19)7-13(11)18(20)21;/h4-5,7,12H,1-3,6,8-9,15H2,(H2,16,19);1H. The number of nitrogens with two attached hydrogens (primary N) is 2. The van der Waals surface area contributed by atoms with Crippen molar-refractivity contribution in [2.24, 2.45) is 11.5 Å². The summed E-state index contributed by atoms with van der Waals surface area (Å²) in [7, 11) is 0. The van der Waals surface area contributed by atoms with E-state index < -0.39 is 10.8 Å². The smallest absolute Gasteiger partial charge is 0.274 e. The van der Waals surface area contributed by atoms with Crippen LogP contribution in [0.2, 0.25) is 0 Å². The summed E-state index contributed by atoms with van der Waals surface area (Å²) in [6.07, 6.45) is 3.23. The van der Waals surface area contributed by atoms with Gasteiger partial charge in [0.1, 0.15) is 0 Å². The molecule has 1 heterocycles. The second-order valence-electron chi connectivity index (χ2n) is 5.32. The predicted octanol–water partition coefficient (Wildman–Crippen LogP) is 1.43. The molecule has 22 heavy (non-hydrogen) atoms. The first-order chi connectivity index (χ1) is 10.0. The summed E-state index contributed by atoms with van der Waals surface area (Å²) in [6, 6.07) is 4.65. The maximum Gasteiger partial charge on any atom is 0.274 e. The van der Waals surface area contributed by atoms with Crippen LogP contribution in [0, 0.1) is 10.1 Å². The van der Waals surface area contributed by atoms with Crippen molar-refractivity contribution >= 4 is 24.0 Å². The first kappa shape index (κ1) is 18.3. The summed E-state index contributed by atoms with van der Waals surface area (Å²) in [5, 5.41) is 11.2. The van der Waals surface area contributed by atoms with Crippen LogP contribution in [0.5, 0.6) is 0 Å². The number of nitro benzene ring substituents is 1. The van der Waals surface area contributed by atoms with Crippen LogP contribution in [0.1, 0.15) is 35.2 Å². The van der Waals surface area contributed by atoms with Crippen molar-refractivity contribution in [1.82, 2.24) is 4.90 Å². The van der Waals surface area contributed by atoms with Crippen molar-refractivity contribution in [1.29, 1.82) is 0 Å². The molecule has 1 fully saturated rings. The molecule has 122 valence electrons. The molecule has 1 unspecified atom stereocenters. The third-order valence-corrected chi connectivity index (χ3v) is 3.96. The Balaban J connectivity index is 0.00000242. The fourth-order valence-corrected chi connectivity index (χ4v) is 2.77. The Morgan fingerprint density at radius 1 is 1.41 bits per heavy atom. The van der Waals surface area contributed by atoms with Crippen LogP contribution in [0.4, 0.5) is 5.69 Å². The van der Waals surface area contributed by atoms with E-state index in [0.717, 1.165) is 25.8 Å². The van der Waals surface area contributed by atoms with Gasteiger partial charge in [-0.3, -0.25) is 19.8 Å². The molecule has 0 aliphatic carbocycles. The van der Waals surface area contributed by atoms with E-state index in [2.05, 4.69) is 4.90 Å². The predicted molar refractivity (Wildman–Crippen MR) is 86.0 cm³/mol. The number of carbonyl (C=O) groups is 1. The lowest BCUT2D eigenvalue weighted by Gasteiger charge is -2.34. The lowest BCUT2D eigenvalue weighted by molar-refractivity contribution is -0.385. The van der Waals surface area contributed by atoms with Crippen LogP contribution >= 0.6 is 12.4 Å². The first-order valence-corrected chi connectivity index (χ1v) is 7.04. The van der Waals surface area contributed by atoms with E-state index in [1.54, 1.807) is 6.07 Å². The normalized spacial score (nSPS) is 18.5. The van der Waals surface area contributed by atoms with Gasteiger partial charge in [0.25, 0.3) is 5.69 Å². The molecule has 0 aromatic heterocycles. The summed E-state index contributed by atoms with van der Waals surface area (Å²) in [4.78, 5) is 24.1. The van der Waals surface area contributed by atoms with Gasteiger partial charge in [-0.1, -0.05) is 12.5 Å². The summed E-state index contributed by atoms with van der Waals surface area (Å²) in [6.45, 7) is 1.90. The van der Waals surface area contributed by atoms with E-state index >= 15 is 0 Å². The molecule has 1 aromatic rings. The van der Waals surface area contributed by atoms with Crippen LogP contribution in [0.25, 0.3) is 0 Å². The van der Waals surface area contributed by atoms with E-state index in [4.69, 9.17) is 11.5 Å². The van der Waals surface area contributed by atoms with Gasteiger partial charge in [0, 0.05) is 36.3 Å². The first-order valence-electron chi connectivity index (χ1n) is 7.04. The third kappa shape index (κ3) is 4.16. The zero-order valence-electron chi connectivity index (χ0n) is 12.2. The number of likely N-dealkylation sites (tertiary alicyclic amines) is 1. The van der Waals surface area contributed by atoms with Crippen LogP contribution in [0.3, 0.4) is 0 Å². The summed E-state index contributed by atoms with van der Waals surface area (Å²) < 4.78 is 0. The number of nitro groups is 1. The van der Waals surface area contributed by atoms with Crippen molar-refractivity contribution in [3.05, 3.63) is 39.4 Å². The average molecular weight is 329 g/mol. The number of nitrogens with zero attached hydrogens (tertiary/aromatic N) is 2. The molecule has 0 spiro atoms. The second-order valence-corrected chi connectivity index (χ2v) is 5.32. The number of rotatable bonds is 5. The monoisotopic (exact) mass is 328 g/mol. The number of hydrogen-bond donors (Lipinski definition) is 2. The average Bonchev–Trinajstić information content (AvgIpc) is 2.47. The Kier molecular flexibility index (Phi) is 6.73. The number of primary amides is 1. The largest absolute Gasteiger partial charge is 0.366 e. The van der Waals surface area contributed by atoms with Gasteiger partial charge in [-0.05, 0) is 25.5 Å². The molecule has 8 heteroatoms. The Morgan fingerprint density at radius 3 is 2.73 bits per heavy atom. The van der Waals surface area contributed by atoms with Gasteiger partial charge in [0.05, 0.1) is 4.92 Å². The maximum atomic E-state index is 11.2. The SMILES string of the molecule is Cl.NCC1CCCCN1Cc1ccc(C(N)=O)cc1[N+](=O)[O-]. The van der Waals surface area contributed by atoms with Crippen molar-refractivity contribution in [2.75, 3.05) is 13.1 Å². The molecule has 1 aliphatic rings. The minimum Gasteiger partial charge on any atom is -0.366 e. The third-order valence-electron chi connectivity index (χ3n) is 3.96. The van der Waals surface area contributed by atoms with E-state index in [1.807, 2.05) is 0 Å². The van der Waals surface area contributed by atoms with Gasteiger partial charge in [-0.25, -0.2) is 0 Å². The van der Waals surface area contributed by atoms with Crippen LogP contribution in [0.15, 0.2) is 18.2 Å². The van der Waals surface area contributed by atoms with Gasteiger partial charge in [-0.2, -0.15) is 0 Å². The van der Waals surface area contributed by atoms with E-state index in [9.17, 15) is 14.9 Å². The maximum absolute atomic E-state index is 11.2. The molecule has 1 saturated heterocycles. The zero-order chi connectivity index (χ0) is 15.4. The van der Waals surface area contributed by atoms with E-state index in [0.29, 0.717) is 18.7 Å². The minimum atomic E-state index is -0.664. The highest BCUT2D eigenvalue weighted by molar-refractivity contribution is 5.93. The number of amides is 1. The van der Waals surface area contributed by atoms with Crippen molar-refractivity contribution in [3.63, 3.8) is 0 Å². The highest BCUT2D eigenvalue weighted by Crippen LogP contribution is 2.25. The molecular weight excluding hydrogens is 308 g/mol. The molecule has 1 atom stereocenters. The van der Waals surface area contributed by atoms with Crippen LogP contribution < -0.4 is 11.5 Å². The highest BCUT2D eigenvalue weighted by Gasteiger charge is 2.24. The molecule has 1 amide bonds. The lowest BCUT2D eigenvalue weighted by Crippen LogP contribution is -2.43. The Hall–Kier alpha value is -1.70. The summed E-state index contributed by atoms with van der Waals surface area (Å²) in [5.74, 6) is -0.664. The second kappa shape index (κ2) is 8.07. The molecule has 4 N–H and O–H groups in total. The Bertz CT molecular complexity index is 553. The molecule has 7 nitrogen and oxygen atoms in total. The number of carbonyl (C=O) groups excluding carboxylic acids is 1. The fourth-order valence-electron chi connectivity index (χ4n) is 2.77. The summed E-state index contributed by atoms with van der Waals surface area (Å²) >= 11 is 0. The van der Waals surface area contributed by atoms with Gasteiger partial charge < -0.3 is 11.5 Å². The van der Waals surface area contributed by atoms with Crippen molar-refractivity contribution in [2.45, 2.75) is 31.8 Å². The number of benzene rings is 1. The Morgan fingerprint density at radius 2 is 2.14 bits per heavy atom. The van der Waals surface area contributed by atoms with Gasteiger partial charge in [0.15, 0.2) is 0 Å². The van der Waals surface area contributed by atoms with Crippen LogP contribution in [-0.4, -0.2) is 34.9 Å². The molecule has 1 aromatic carbocycles. The van der Waals surface area contributed by atoms with Crippen molar-refractivity contribution in [3.8, 4) is 0 Å². The molecule has 0 saturated carbocycles. The topological polar surface area (TPSA) is 115 Å². The summed E-state index contributed by atoms with van der Waals surface area (Å²) in [5.41, 5.74) is 11.6. The lowest BCUT2D eigenvalue weighted by atomic mass is 10.0. The van der Waals surface area contributed by atoms with Gasteiger partial charge >= 0.3 is 0 Å². The number of piperidine rings is 1. The number of hydrogen-bond acceptors (Lipinski definition) is 5. The zero-order valence-corrected chi connectivity index (χ0v) is 13.1. The minimum absolute atomic E-state index is 0. The molecule has 1 aliphatic heterocycles. The van der Waals surface area contributed by atoms with E-state index in [1.165, 1.54) is 12.1 Å². The molecule has 0 bridgehead atoms. The highest BCUT2D eigenvalue weighted by atomic mass is 35.5. The van der Waals surface area contributed by atoms with E-state index in [-0.39, 0.29) is 29.7 Å². The van der Waals surface area contributed by atoms with Gasteiger partial charge in [-0.15, -0.1) is 12.4 Å². The fraction of sp³-hybridized carbons (Fsp3) is 0.500. The molecule has 0 radical (unpaired) electrons. The van der Waals surface area contributed by atoms with Crippen LogP contribution in [-0.2, 0) is 6.54 Å². The number of halogens is 1. The quantitative estimate of drug-likeness (QED) is 0.626. The molecular formula is C14H21ClN4O3. The Labute approximate surface area is 135 Å².